The Kier molecular flexibility index (Phi) is 4.78. The Morgan fingerprint density at radius 3 is 2.71 bits per heavy atom. The van der Waals surface area contributed by atoms with E-state index in [1.54, 1.807) is 18.2 Å². The number of carbonyl (C=O) groups excluding carboxylic acids is 1. The van der Waals surface area contributed by atoms with Crippen LogP contribution in [0.3, 0.4) is 0 Å². The zero-order valence-electron chi connectivity index (χ0n) is 9.20. The molecule has 17 heavy (non-hydrogen) atoms. The number of benzene rings is 1. The second kappa shape index (κ2) is 6.10. The molecule has 1 aromatic rings. The number of carbonyl (C=O) groups is 2. The Bertz CT molecular complexity index is 433. The van der Waals surface area contributed by atoms with Crippen molar-refractivity contribution >= 4 is 23.5 Å². The summed E-state index contributed by atoms with van der Waals surface area (Å²) in [5.74, 6) is -1.09. The maximum Gasteiger partial charge on any atom is 0.312 e. The largest absolute Gasteiger partial charge is 0.497 e. The molecule has 92 valence electrons. The molecule has 0 radical (unpaired) electrons. The van der Waals surface area contributed by atoms with Crippen LogP contribution in [0.5, 0.6) is 5.75 Å². The summed E-state index contributed by atoms with van der Waals surface area (Å²) in [7, 11) is 1.53. The molecule has 0 spiro atoms. The van der Waals surface area contributed by atoms with Gasteiger partial charge in [0.1, 0.15) is 12.2 Å². The lowest BCUT2D eigenvalue weighted by molar-refractivity contribution is -0.140. The normalized spacial score (nSPS) is 9.76. The van der Waals surface area contributed by atoms with Crippen LogP contribution >= 0.6 is 11.6 Å². The predicted molar refractivity (Wildman–Crippen MR) is 62.1 cm³/mol. The van der Waals surface area contributed by atoms with E-state index in [1.165, 1.54) is 7.11 Å². The summed E-state index contributed by atoms with van der Waals surface area (Å²) >= 11 is 5.95. The SMILES string of the molecule is COc1ccc(CNC(=O)CC(=O)O)c(Cl)c1. The minimum absolute atomic E-state index is 0.189. The number of methoxy groups -OCH3 is 1. The van der Waals surface area contributed by atoms with Gasteiger partial charge in [-0.3, -0.25) is 9.59 Å². The van der Waals surface area contributed by atoms with Crippen LogP contribution in [0.1, 0.15) is 12.0 Å². The second-order valence-corrected chi connectivity index (χ2v) is 3.71. The smallest absolute Gasteiger partial charge is 0.312 e. The molecule has 0 aliphatic rings. The van der Waals surface area contributed by atoms with Gasteiger partial charge in [-0.05, 0) is 17.7 Å². The quantitative estimate of drug-likeness (QED) is 0.783. The van der Waals surface area contributed by atoms with E-state index in [9.17, 15) is 9.59 Å². The maximum atomic E-state index is 11.1. The summed E-state index contributed by atoms with van der Waals surface area (Å²) in [5.41, 5.74) is 0.700. The molecule has 2 N–H and O–H groups in total. The first kappa shape index (κ1) is 13.3. The maximum absolute atomic E-state index is 11.1. The molecule has 0 unspecified atom stereocenters. The highest BCUT2D eigenvalue weighted by molar-refractivity contribution is 6.31. The van der Waals surface area contributed by atoms with Gasteiger partial charge >= 0.3 is 5.97 Å². The van der Waals surface area contributed by atoms with E-state index < -0.39 is 18.3 Å². The lowest BCUT2D eigenvalue weighted by Gasteiger charge is -2.07. The van der Waals surface area contributed by atoms with Gasteiger partial charge in [0.25, 0.3) is 0 Å². The highest BCUT2D eigenvalue weighted by atomic mass is 35.5. The molecule has 0 heterocycles. The first-order valence-electron chi connectivity index (χ1n) is 4.84. The number of hydrogen-bond donors (Lipinski definition) is 2. The van der Waals surface area contributed by atoms with Crippen LogP contribution in [-0.2, 0) is 16.1 Å². The van der Waals surface area contributed by atoms with Gasteiger partial charge < -0.3 is 15.2 Å². The Labute approximate surface area is 103 Å². The molecule has 6 heteroatoms. The van der Waals surface area contributed by atoms with E-state index in [-0.39, 0.29) is 6.54 Å². The van der Waals surface area contributed by atoms with Crippen LogP contribution in [-0.4, -0.2) is 24.1 Å². The van der Waals surface area contributed by atoms with Crippen molar-refractivity contribution in [1.82, 2.24) is 5.32 Å². The zero-order chi connectivity index (χ0) is 12.8. The number of rotatable bonds is 5. The number of ether oxygens (including phenoxy) is 1. The van der Waals surface area contributed by atoms with E-state index in [1.807, 2.05) is 0 Å². The van der Waals surface area contributed by atoms with E-state index in [0.29, 0.717) is 16.3 Å². The van der Waals surface area contributed by atoms with E-state index in [4.69, 9.17) is 21.4 Å². The molecule has 0 aromatic heterocycles. The van der Waals surface area contributed by atoms with Gasteiger partial charge in [-0.25, -0.2) is 0 Å². The van der Waals surface area contributed by atoms with Crippen molar-refractivity contribution in [2.24, 2.45) is 0 Å². The third-order valence-electron chi connectivity index (χ3n) is 2.05. The molecule has 1 aromatic carbocycles. The second-order valence-electron chi connectivity index (χ2n) is 3.30. The molecule has 0 bridgehead atoms. The topological polar surface area (TPSA) is 75.6 Å². The van der Waals surface area contributed by atoms with Gasteiger partial charge in [0.15, 0.2) is 0 Å². The average molecular weight is 258 g/mol. The van der Waals surface area contributed by atoms with Gasteiger partial charge in [-0.15, -0.1) is 0 Å². The summed E-state index contributed by atoms with van der Waals surface area (Å²) in [5, 5.41) is 11.3. The lowest BCUT2D eigenvalue weighted by atomic mass is 10.2. The number of aliphatic carboxylic acids is 1. The van der Waals surface area contributed by atoms with E-state index in [2.05, 4.69) is 5.32 Å². The minimum Gasteiger partial charge on any atom is -0.497 e. The third-order valence-corrected chi connectivity index (χ3v) is 2.40. The van der Waals surface area contributed by atoms with Gasteiger partial charge in [-0.2, -0.15) is 0 Å². The third kappa shape index (κ3) is 4.32. The summed E-state index contributed by atoms with van der Waals surface area (Å²) in [6.07, 6.45) is -0.548. The first-order chi connectivity index (χ1) is 8.02. The molecule has 1 amide bonds. The highest BCUT2D eigenvalue weighted by Gasteiger charge is 2.08. The number of hydrogen-bond acceptors (Lipinski definition) is 3. The number of nitrogens with one attached hydrogen (secondary N) is 1. The van der Waals surface area contributed by atoms with Crippen LogP contribution in [0.25, 0.3) is 0 Å². The van der Waals surface area contributed by atoms with Gasteiger partial charge in [0.05, 0.1) is 7.11 Å². The molecule has 0 aliphatic heterocycles. The average Bonchev–Trinajstić information content (AvgIpc) is 2.26. The molecule has 0 saturated carbocycles. The van der Waals surface area contributed by atoms with E-state index in [0.717, 1.165) is 0 Å². The molecule has 0 aliphatic carbocycles. The van der Waals surface area contributed by atoms with Crippen LogP contribution in [0, 0.1) is 0 Å². The molecular weight excluding hydrogens is 246 g/mol. The standard InChI is InChI=1S/C11H12ClNO4/c1-17-8-3-2-7(9(12)4-8)6-13-10(14)5-11(15)16/h2-4H,5-6H2,1H3,(H,13,14)(H,15,16). The van der Waals surface area contributed by atoms with Gasteiger partial charge in [0.2, 0.25) is 5.91 Å². The fourth-order valence-corrected chi connectivity index (χ4v) is 1.43. The highest BCUT2D eigenvalue weighted by Crippen LogP contribution is 2.22. The molecule has 0 saturated heterocycles. The molecule has 0 atom stereocenters. The fourth-order valence-electron chi connectivity index (χ4n) is 1.19. The van der Waals surface area contributed by atoms with Crippen molar-refractivity contribution in [2.75, 3.05) is 7.11 Å². The van der Waals surface area contributed by atoms with Crippen molar-refractivity contribution in [3.63, 3.8) is 0 Å². The lowest BCUT2D eigenvalue weighted by Crippen LogP contribution is -2.25. The zero-order valence-corrected chi connectivity index (χ0v) is 9.95. The van der Waals surface area contributed by atoms with Crippen LogP contribution in [0.2, 0.25) is 5.02 Å². The van der Waals surface area contributed by atoms with Gasteiger partial charge in [0, 0.05) is 11.6 Å². The molecule has 5 nitrogen and oxygen atoms in total. The molecule has 1 rings (SSSR count). The van der Waals surface area contributed by atoms with Crippen LogP contribution in [0.15, 0.2) is 18.2 Å². The van der Waals surface area contributed by atoms with Crippen molar-refractivity contribution in [2.45, 2.75) is 13.0 Å². The molecular formula is C11H12ClNO4. The number of carboxylic acids is 1. The van der Waals surface area contributed by atoms with Gasteiger partial charge in [-0.1, -0.05) is 17.7 Å². The minimum atomic E-state index is -1.16. The molecule has 0 fully saturated rings. The number of halogens is 1. The Balaban J connectivity index is 2.57. The van der Waals surface area contributed by atoms with Crippen molar-refractivity contribution in [3.8, 4) is 5.75 Å². The van der Waals surface area contributed by atoms with Crippen molar-refractivity contribution in [1.29, 1.82) is 0 Å². The van der Waals surface area contributed by atoms with Crippen molar-refractivity contribution < 1.29 is 19.4 Å². The Morgan fingerprint density at radius 1 is 1.47 bits per heavy atom. The fraction of sp³-hybridized carbons (Fsp3) is 0.273. The first-order valence-corrected chi connectivity index (χ1v) is 5.21. The van der Waals surface area contributed by atoms with E-state index >= 15 is 0 Å². The number of carboxylic acid groups (broad SMARTS) is 1. The van der Waals surface area contributed by atoms with Crippen LogP contribution in [0.4, 0.5) is 0 Å². The Hall–Kier alpha value is -1.75. The van der Waals surface area contributed by atoms with Crippen molar-refractivity contribution in [3.05, 3.63) is 28.8 Å². The summed E-state index contributed by atoms with van der Waals surface area (Å²) < 4.78 is 4.98. The Morgan fingerprint density at radius 2 is 2.18 bits per heavy atom. The monoisotopic (exact) mass is 257 g/mol. The summed E-state index contributed by atoms with van der Waals surface area (Å²) in [4.78, 5) is 21.4. The summed E-state index contributed by atoms with van der Waals surface area (Å²) in [6, 6.07) is 5.05. The number of amides is 1. The predicted octanol–water partition coefficient (Wildman–Crippen LogP) is 1.44. The summed E-state index contributed by atoms with van der Waals surface area (Å²) in [6.45, 7) is 0.189. The van der Waals surface area contributed by atoms with Crippen LogP contribution < -0.4 is 10.1 Å².